The largest absolute Gasteiger partial charge is 0.481 e. The van der Waals surface area contributed by atoms with E-state index in [0.29, 0.717) is 5.69 Å². The lowest BCUT2D eigenvalue weighted by molar-refractivity contribution is -0.137. The molecule has 0 atom stereocenters. The molecule has 0 saturated heterocycles. The fourth-order valence-electron chi connectivity index (χ4n) is 2.65. The van der Waals surface area contributed by atoms with Gasteiger partial charge in [-0.05, 0) is 61.7 Å². The zero-order valence-corrected chi connectivity index (χ0v) is 16.7. The molecule has 8 heteroatoms. The van der Waals surface area contributed by atoms with Gasteiger partial charge in [0.2, 0.25) is 0 Å². The predicted octanol–water partition coefficient (Wildman–Crippen LogP) is 4.67. The SMILES string of the molecule is Cc1cc(C)cc(N(CCCC(=O)O)S(=O)(=O)c2cc(Cl)ccc2Cl)c1. The lowest BCUT2D eigenvalue weighted by Gasteiger charge is -2.25. The molecule has 2 rings (SSSR count). The zero-order valence-electron chi connectivity index (χ0n) is 14.4. The van der Waals surface area contributed by atoms with E-state index in [2.05, 4.69) is 0 Å². The van der Waals surface area contributed by atoms with E-state index in [4.69, 9.17) is 28.3 Å². The van der Waals surface area contributed by atoms with Crippen molar-refractivity contribution in [2.45, 2.75) is 31.6 Å². The first-order valence-electron chi connectivity index (χ1n) is 7.89. The van der Waals surface area contributed by atoms with Crippen molar-refractivity contribution in [3.63, 3.8) is 0 Å². The fraction of sp³-hybridized carbons (Fsp3) is 0.278. The van der Waals surface area contributed by atoms with Crippen molar-refractivity contribution in [3.05, 3.63) is 57.6 Å². The number of anilines is 1. The second-order valence-corrected chi connectivity index (χ2v) is 8.67. The van der Waals surface area contributed by atoms with E-state index in [1.54, 1.807) is 12.1 Å². The molecule has 2 aromatic rings. The lowest BCUT2D eigenvalue weighted by Crippen LogP contribution is -2.32. The summed E-state index contributed by atoms with van der Waals surface area (Å²) in [7, 11) is -4.01. The average molecular weight is 416 g/mol. The molecule has 0 aliphatic heterocycles. The van der Waals surface area contributed by atoms with Crippen molar-refractivity contribution >= 4 is 44.9 Å². The van der Waals surface area contributed by atoms with Crippen molar-refractivity contribution in [2.75, 3.05) is 10.8 Å². The highest BCUT2D eigenvalue weighted by molar-refractivity contribution is 7.93. The van der Waals surface area contributed by atoms with Gasteiger partial charge in [-0.15, -0.1) is 0 Å². The van der Waals surface area contributed by atoms with Gasteiger partial charge < -0.3 is 5.11 Å². The molecule has 0 heterocycles. The Kier molecular flexibility index (Phi) is 6.55. The molecule has 5 nitrogen and oxygen atoms in total. The Hall–Kier alpha value is -1.76. The number of benzene rings is 2. The number of sulfonamides is 1. The number of carboxylic acid groups (broad SMARTS) is 1. The maximum Gasteiger partial charge on any atom is 0.303 e. The Bertz CT molecular complexity index is 909. The number of carboxylic acids is 1. The van der Waals surface area contributed by atoms with Crippen LogP contribution in [0, 0.1) is 13.8 Å². The summed E-state index contributed by atoms with van der Waals surface area (Å²) in [5.41, 5.74) is 2.26. The molecule has 0 saturated carbocycles. The van der Waals surface area contributed by atoms with E-state index < -0.39 is 16.0 Å². The minimum atomic E-state index is -4.01. The Morgan fingerprint density at radius 1 is 1.08 bits per heavy atom. The van der Waals surface area contributed by atoms with Gasteiger partial charge in [-0.3, -0.25) is 9.10 Å². The lowest BCUT2D eigenvalue weighted by atomic mass is 10.1. The van der Waals surface area contributed by atoms with Crippen LogP contribution in [0.4, 0.5) is 5.69 Å². The van der Waals surface area contributed by atoms with Crippen molar-refractivity contribution in [2.24, 2.45) is 0 Å². The Morgan fingerprint density at radius 2 is 1.69 bits per heavy atom. The molecule has 0 bridgehead atoms. The van der Waals surface area contributed by atoms with Gasteiger partial charge in [0.05, 0.1) is 10.7 Å². The number of carbonyl (C=O) groups is 1. The van der Waals surface area contributed by atoms with Crippen LogP contribution in [0.1, 0.15) is 24.0 Å². The van der Waals surface area contributed by atoms with Gasteiger partial charge in [-0.2, -0.15) is 0 Å². The van der Waals surface area contributed by atoms with Crippen LogP contribution in [0.3, 0.4) is 0 Å². The summed E-state index contributed by atoms with van der Waals surface area (Å²) < 4.78 is 27.7. The van der Waals surface area contributed by atoms with E-state index in [9.17, 15) is 13.2 Å². The molecule has 26 heavy (non-hydrogen) atoms. The van der Waals surface area contributed by atoms with Gasteiger partial charge in [0.25, 0.3) is 10.0 Å². The fourth-order valence-corrected chi connectivity index (χ4v) is 4.88. The minimum Gasteiger partial charge on any atom is -0.481 e. The smallest absolute Gasteiger partial charge is 0.303 e. The zero-order chi connectivity index (χ0) is 19.5. The number of hydrogen-bond donors (Lipinski definition) is 1. The Morgan fingerprint density at radius 3 is 2.27 bits per heavy atom. The van der Waals surface area contributed by atoms with Gasteiger partial charge in [0, 0.05) is 18.0 Å². The van der Waals surface area contributed by atoms with Gasteiger partial charge in [-0.1, -0.05) is 29.3 Å². The van der Waals surface area contributed by atoms with Crippen LogP contribution in [0.25, 0.3) is 0 Å². The van der Waals surface area contributed by atoms with Gasteiger partial charge >= 0.3 is 5.97 Å². The topological polar surface area (TPSA) is 74.7 Å². The molecule has 0 amide bonds. The quantitative estimate of drug-likeness (QED) is 0.712. The number of aliphatic carboxylic acids is 1. The molecule has 0 fully saturated rings. The molecule has 1 N–H and O–H groups in total. The van der Waals surface area contributed by atoms with Crippen LogP contribution in [0.5, 0.6) is 0 Å². The number of hydrogen-bond acceptors (Lipinski definition) is 3. The summed E-state index contributed by atoms with van der Waals surface area (Å²) in [6, 6.07) is 9.64. The minimum absolute atomic E-state index is 0.0143. The number of rotatable bonds is 7. The van der Waals surface area contributed by atoms with Crippen LogP contribution in [0.15, 0.2) is 41.3 Å². The van der Waals surface area contributed by atoms with E-state index in [0.717, 1.165) is 11.1 Å². The monoisotopic (exact) mass is 415 g/mol. The molecule has 0 radical (unpaired) electrons. The molecule has 0 spiro atoms. The standard InChI is InChI=1S/C18H19Cl2NO4S/c1-12-8-13(2)10-15(9-12)21(7-3-4-18(22)23)26(24,25)17-11-14(19)5-6-16(17)20/h5-6,8-11H,3-4,7H2,1-2H3,(H,22,23). The number of aryl methyl sites for hydroxylation is 2. The maximum absolute atomic E-state index is 13.2. The van der Waals surface area contributed by atoms with E-state index in [1.165, 1.54) is 22.5 Å². The molecular formula is C18H19Cl2NO4S. The summed E-state index contributed by atoms with van der Waals surface area (Å²) in [4.78, 5) is 10.7. The third kappa shape index (κ3) is 4.90. The van der Waals surface area contributed by atoms with Gasteiger partial charge in [-0.25, -0.2) is 8.42 Å². The van der Waals surface area contributed by atoms with Crippen LogP contribution in [-0.2, 0) is 14.8 Å². The van der Waals surface area contributed by atoms with Gasteiger partial charge in [0.15, 0.2) is 0 Å². The highest BCUT2D eigenvalue weighted by Gasteiger charge is 2.28. The van der Waals surface area contributed by atoms with E-state index in [-0.39, 0.29) is 34.3 Å². The first-order chi connectivity index (χ1) is 12.1. The van der Waals surface area contributed by atoms with Crippen LogP contribution in [0.2, 0.25) is 10.0 Å². The predicted molar refractivity (Wildman–Crippen MR) is 104 cm³/mol. The summed E-state index contributed by atoms with van der Waals surface area (Å²) in [6.45, 7) is 3.75. The highest BCUT2D eigenvalue weighted by atomic mass is 35.5. The van der Waals surface area contributed by atoms with E-state index in [1.807, 2.05) is 19.9 Å². The third-order valence-electron chi connectivity index (χ3n) is 3.71. The summed E-state index contributed by atoms with van der Waals surface area (Å²) >= 11 is 12.1. The normalized spacial score (nSPS) is 11.4. The van der Waals surface area contributed by atoms with Crippen molar-refractivity contribution < 1.29 is 18.3 Å². The molecule has 0 aromatic heterocycles. The second kappa shape index (κ2) is 8.29. The van der Waals surface area contributed by atoms with Crippen LogP contribution >= 0.6 is 23.2 Å². The van der Waals surface area contributed by atoms with E-state index >= 15 is 0 Å². The molecular weight excluding hydrogens is 397 g/mol. The maximum atomic E-state index is 13.2. The van der Waals surface area contributed by atoms with Crippen molar-refractivity contribution in [1.29, 1.82) is 0 Å². The highest BCUT2D eigenvalue weighted by Crippen LogP contribution is 2.31. The van der Waals surface area contributed by atoms with Crippen LogP contribution in [-0.4, -0.2) is 26.0 Å². The number of halogens is 2. The molecule has 0 aliphatic rings. The molecule has 0 unspecified atom stereocenters. The van der Waals surface area contributed by atoms with Crippen molar-refractivity contribution in [3.8, 4) is 0 Å². The molecule has 140 valence electrons. The summed E-state index contributed by atoms with van der Waals surface area (Å²) in [6.07, 6.45) is 0.0276. The van der Waals surface area contributed by atoms with Crippen molar-refractivity contribution in [1.82, 2.24) is 0 Å². The Labute approximate surface area is 163 Å². The summed E-state index contributed by atoms with van der Waals surface area (Å²) in [5, 5.41) is 9.19. The third-order valence-corrected chi connectivity index (χ3v) is 6.25. The average Bonchev–Trinajstić information content (AvgIpc) is 2.52. The summed E-state index contributed by atoms with van der Waals surface area (Å²) in [5.74, 6) is -0.983. The molecule has 0 aliphatic carbocycles. The first kappa shape index (κ1) is 20.6. The van der Waals surface area contributed by atoms with Crippen LogP contribution < -0.4 is 4.31 Å². The second-order valence-electron chi connectivity index (χ2n) is 6.00. The number of nitrogens with zero attached hydrogens (tertiary/aromatic N) is 1. The Balaban J connectivity index is 2.54. The molecule has 2 aromatic carbocycles. The van der Waals surface area contributed by atoms with Gasteiger partial charge in [0.1, 0.15) is 4.90 Å². The first-order valence-corrected chi connectivity index (χ1v) is 10.1.